The summed E-state index contributed by atoms with van der Waals surface area (Å²) in [6, 6.07) is 20.0. The number of hydrogen-bond acceptors (Lipinski definition) is 2. The maximum atomic E-state index is 12.1. The Bertz CT molecular complexity index is 1110. The van der Waals surface area contributed by atoms with Crippen LogP contribution in [-0.4, -0.2) is 15.9 Å². The second-order valence-corrected chi connectivity index (χ2v) is 6.25. The molecule has 2 N–H and O–H groups in total. The zero-order chi connectivity index (χ0) is 17.9. The van der Waals surface area contributed by atoms with Gasteiger partial charge < -0.3 is 10.3 Å². The van der Waals surface area contributed by atoms with Gasteiger partial charge in [0.05, 0.1) is 23.4 Å². The molecule has 1 amide bonds. The van der Waals surface area contributed by atoms with Crippen molar-refractivity contribution in [2.45, 2.75) is 13.5 Å². The van der Waals surface area contributed by atoms with Gasteiger partial charge in [0.25, 0.3) is 0 Å². The predicted octanol–water partition coefficient (Wildman–Crippen LogP) is 4.35. The van der Waals surface area contributed by atoms with Gasteiger partial charge in [0.15, 0.2) is 0 Å². The quantitative estimate of drug-likeness (QED) is 0.542. The Morgan fingerprint density at radius 1 is 1.08 bits per heavy atom. The van der Waals surface area contributed by atoms with Gasteiger partial charge in [-0.15, -0.1) is 0 Å². The lowest BCUT2D eigenvalue weighted by atomic mass is 10.1. The molecular formula is C22H19N3O. The lowest BCUT2D eigenvalue weighted by Gasteiger charge is -2.05. The molecule has 0 atom stereocenters. The molecule has 4 nitrogen and oxygen atoms in total. The van der Waals surface area contributed by atoms with Gasteiger partial charge in [-0.2, -0.15) is 0 Å². The maximum absolute atomic E-state index is 12.1. The Morgan fingerprint density at radius 3 is 2.69 bits per heavy atom. The average Bonchev–Trinajstić information content (AvgIpc) is 3.05. The molecule has 0 radical (unpaired) electrons. The largest absolute Gasteiger partial charge is 0.353 e. The van der Waals surface area contributed by atoms with Crippen LogP contribution in [0, 0.1) is 6.92 Å². The van der Waals surface area contributed by atoms with Crippen molar-refractivity contribution in [3.8, 4) is 0 Å². The number of rotatable bonds is 4. The SMILES string of the molecule is Cc1nc(CNC(=O)/C=C/c2ccccc2)cc2c1[nH]c1ccccc12. The van der Waals surface area contributed by atoms with E-state index >= 15 is 0 Å². The number of carbonyl (C=O) groups is 1. The van der Waals surface area contributed by atoms with Crippen LogP contribution in [0.2, 0.25) is 0 Å². The van der Waals surface area contributed by atoms with Gasteiger partial charge in [-0.05, 0) is 30.7 Å². The zero-order valence-electron chi connectivity index (χ0n) is 14.5. The number of benzene rings is 2. The third-order valence-corrected chi connectivity index (χ3v) is 4.40. The number of aryl methyl sites for hydroxylation is 1. The van der Waals surface area contributed by atoms with Crippen LogP contribution < -0.4 is 5.32 Å². The zero-order valence-corrected chi connectivity index (χ0v) is 14.5. The molecule has 0 aliphatic rings. The molecule has 0 aliphatic carbocycles. The van der Waals surface area contributed by atoms with Gasteiger partial charge in [-0.25, -0.2) is 0 Å². The van der Waals surface area contributed by atoms with Crippen LogP contribution in [0.15, 0.2) is 66.7 Å². The highest BCUT2D eigenvalue weighted by molar-refractivity contribution is 6.07. The number of carbonyl (C=O) groups excluding carboxylic acids is 1. The molecule has 2 heterocycles. The van der Waals surface area contributed by atoms with E-state index in [1.54, 1.807) is 12.2 Å². The molecule has 0 unspecified atom stereocenters. The molecule has 0 saturated heterocycles. The second-order valence-electron chi connectivity index (χ2n) is 6.25. The number of amides is 1. The molecule has 4 rings (SSSR count). The molecule has 0 saturated carbocycles. The summed E-state index contributed by atoms with van der Waals surface area (Å²) in [5, 5.41) is 5.21. The summed E-state index contributed by atoms with van der Waals surface area (Å²) in [4.78, 5) is 20.1. The lowest BCUT2D eigenvalue weighted by Crippen LogP contribution is -2.21. The molecular weight excluding hydrogens is 322 g/mol. The number of pyridine rings is 1. The van der Waals surface area contributed by atoms with Gasteiger partial charge in [0, 0.05) is 22.4 Å². The van der Waals surface area contributed by atoms with Crippen molar-refractivity contribution >= 4 is 33.8 Å². The minimum absolute atomic E-state index is 0.132. The van der Waals surface area contributed by atoms with E-state index in [1.165, 1.54) is 5.39 Å². The minimum atomic E-state index is -0.132. The van der Waals surface area contributed by atoms with E-state index in [-0.39, 0.29) is 5.91 Å². The summed E-state index contributed by atoms with van der Waals surface area (Å²) in [5.41, 5.74) is 4.92. The van der Waals surface area contributed by atoms with Gasteiger partial charge in [0.1, 0.15) is 0 Å². The number of aromatic nitrogens is 2. The van der Waals surface area contributed by atoms with Gasteiger partial charge in [-0.3, -0.25) is 9.78 Å². The summed E-state index contributed by atoms with van der Waals surface area (Å²) in [5.74, 6) is -0.132. The van der Waals surface area contributed by atoms with Crippen LogP contribution in [0.5, 0.6) is 0 Å². The van der Waals surface area contributed by atoms with E-state index < -0.39 is 0 Å². The van der Waals surface area contributed by atoms with Gasteiger partial charge in [0.2, 0.25) is 5.91 Å². The Morgan fingerprint density at radius 2 is 1.85 bits per heavy atom. The molecule has 0 aliphatic heterocycles. The normalized spacial score (nSPS) is 11.4. The number of para-hydroxylation sites is 1. The Kier molecular flexibility index (Phi) is 4.23. The summed E-state index contributed by atoms with van der Waals surface area (Å²) in [7, 11) is 0. The van der Waals surface area contributed by atoms with E-state index in [0.29, 0.717) is 6.54 Å². The predicted molar refractivity (Wildman–Crippen MR) is 106 cm³/mol. The molecule has 4 aromatic rings. The van der Waals surface area contributed by atoms with Crippen molar-refractivity contribution in [2.24, 2.45) is 0 Å². The highest BCUT2D eigenvalue weighted by atomic mass is 16.1. The summed E-state index contributed by atoms with van der Waals surface area (Å²) in [6.45, 7) is 2.38. The fraction of sp³-hybridized carbons (Fsp3) is 0.0909. The lowest BCUT2D eigenvalue weighted by molar-refractivity contribution is -0.116. The van der Waals surface area contributed by atoms with Crippen molar-refractivity contribution in [2.75, 3.05) is 0 Å². The molecule has 2 aromatic heterocycles. The maximum Gasteiger partial charge on any atom is 0.244 e. The van der Waals surface area contributed by atoms with Crippen LogP contribution >= 0.6 is 0 Å². The van der Waals surface area contributed by atoms with E-state index in [2.05, 4.69) is 27.4 Å². The van der Waals surface area contributed by atoms with Crippen LogP contribution in [0.25, 0.3) is 27.9 Å². The summed E-state index contributed by atoms with van der Waals surface area (Å²) >= 11 is 0. The first-order valence-electron chi connectivity index (χ1n) is 8.58. The molecule has 0 bridgehead atoms. The van der Waals surface area contributed by atoms with Crippen molar-refractivity contribution in [1.29, 1.82) is 0 Å². The molecule has 4 heteroatoms. The van der Waals surface area contributed by atoms with Crippen LogP contribution in [0.1, 0.15) is 17.0 Å². The van der Waals surface area contributed by atoms with Crippen molar-refractivity contribution in [3.05, 3.63) is 83.7 Å². The van der Waals surface area contributed by atoms with Crippen molar-refractivity contribution < 1.29 is 4.79 Å². The number of hydrogen-bond donors (Lipinski definition) is 2. The van der Waals surface area contributed by atoms with E-state index in [1.807, 2.05) is 55.5 Å². The summed E-state index contributed by atoms with van der Waals surface area (Å²) < 4.78 is 0. The van der Waals surface area contributed by atoms with Crippen LogP contribution in [0.4, 0.5) is 0 Å². The molecule has 0 spiro atoms. The number of H-pyrrole nitrogens is 1. The highest BCUT2D eigenvalue weighted by Crippen LogP contribution is 2.27. The molecule has 2 aromatic carbocycles. The first-order valence-corrected chi connectivity index (χ1v) is 8.58. The van der Waals surface area contributed by atoms with Crippen LogP contribution in [-0.2, 0) is 11.3 Å². The Balaban J connectivity index is 1.53. The highest BCUT2D eigenvalue weighted by Gasteiger charge is 2.09. The molecule has 128 valence electrons. The van der Waals surface area contributed by atoms with Crippen molar-refractivity contribution in [3.63, 3.8) is 0 Å². The second kappa shape index (κ2) is 6.84. The third-order valence-electron chi connectivity index (χ3n) is 4.40. The molecule has 26 heavy (non-hydrogen) atoms. The Labute approximate surface area is 151 Å². The number of aromatic amines is 1. The Hall–Kier alpha value is -3.40. The monoisotopic (exact) mass is 341 g/mol. The summed E-state index contributed by atoms with van der Waals surface area (Å²) in [6.07, 6.45) is 3.35. The van der Waals surface area contributed by atoms with Crippen molar-refractivity contribution in [1.82, 2.24) is 15.3 Å². The first kappa shape index (κ1) is 16.1. The topological polar surface area (TPSA) is 57.8 Å². The third kappa shape index (κ3) is 3.22. The van der Waals surface area contributed by atoms with Crippen LogP contribution in [0.3, 0.4) is 0 Å². The van der Waals surface area contributed by atoms with E-state index in [4.69, 9.17) is 0 Å². The standard InChI is InChI=1S/C22H19N3O/c1-15-22-19(18-9-5-6-10-20(18)25-22)13-17(24-15)14-23-21(26)12-11-16-7-3-2-4-8-16/h2-13,25H,14H2,1H3,(H,23,26)/b12-11+. The average molecular weight is 341 g/mol. The number of fused-ring (bicyclic) bond motifs is 3. The van der Waals surface area contributed by atoms with Gasteiger partial charge >= 0.3 is 0 Å². The number of nitrogens with zero attached hydrogens (tertiary/aromatic N) is 1. The molecule has 0 fully saturated rings. The minimum Gasteiger partial charge on any atom is -0.353 e. The van der Waals surface area contributed by atoms with Gasteiger partial charge in [-0.1, -0.05) is 48.5 Å². The fourth-order valence-corrected chi connectivity index (χ4v) is 3.13. The fourth-order valence-electron chi connectivity index (χ4n) is 3.13. The number of nitrogens with one attached hydrogen (secondary N) is 2. The van der Waals surface area contributed by atoms with E-state index in [0.717, 1.165) is 33.4 Å². The van der Waals surface area contributed by atoms with E-state index in [9.17, 15) is 4.79 Å². The first-order chi connectivity index (χ1) is 12.7. The smallest absolute Gasteiger partial charge is 0.244 e.